The minimum absolute atomic E-state index is 0.00157. The van der Waals surface area contributed by atoms with Gasteiger partial charge in [-0.15, -0.1) is 0 Å². The summed E-state index contributed by atoms with van der Waals surface area (Å²) in [5.41, 5.74) is 6.03. The van der Waals surface area contributed by atoms with E-state index in [0.29, 0.717) is 11.1 Å². The molecular formula is C10H12FNO3. The van der Waals surface area contributed by atoms with Crippen LogP contribution in [0.2, 0.25) is 0 Å². The highest BCUT2D eigenvalue weighted by atomic mass is 19.1. The van der Waals surface area contributed by atoms with Gasteiger partial charge in [-0.3, -0.25) is 4.79 Å². The van der Waals surface area contributed by atoms with Gasteiger partial charge in [-0.05, 0) is 24.1 Å². The van der Waals surface area contributed by atoms with Crippen molar-refractivity contribution in [3.8, 4) is 5.75 Å². The quantitative estimate of drug-likeness (QED) is 0.792. The van der Waals surface area contributed by atoms with E-state index >= 15 is 0 Å². The molecule has 0 aliphatic heterocycles. The van der Waals surface area contributed by atoms with Crippen molar-refractivity contribution in [1.82, 2.24) is 0 Å². The largest absolute Gasteiger partial charge is 0.494 e. The smallest absolute Gasteiger partial charge is 0.325 e. The minimum atomic E-state index is -1.17. The van der Waals surface area contributed by atoms with Gasteiger partial charge in [0.2, 0.25) is 0 Å². The first-order chi connectivity index (χ1) is 6.97. The van der Waals surface area contributed by atoms with Gasteiger partial charge in [0.15, 0.2) is 11.6 Å². The summed E-state index contributed by atoms with van der Waals surface area (Å²) < 4.78 is 18.1. The minimum Gasteiger partial charge on any atom is -0.494 e. The van der Waals surface area contributed by atoms with Gasteiger partial charge in [-0.2, -0.15) is 0 Å². The fraction of sp³-hybridized carbons (Fsp3) is 0.300. The number of rotatable bonds is 3. The van der Waals surface area contributed by atoms with Crippen molar-refractivity contribution in [1.29, 1.82) is 0 Å². The highest BCUT2D eigenvalue weighted by Gasteiger charge is 2.17. The Morgan fingerprint density at radius 3 is 2.67 bits per heavy atom. The maximum Gasteiger partial charge on any atom is 0.325 e. The number of methoxy groups -OCH3 is 1. The zero-order valence-electron chi connectivity index (χ0n) is 8.45. The number of carbonyl (C=O) groups is 1. The topological polar surface area (TPSA) is 72.5 Å². The fourth-order valence-corrected chi connectivity index (χ4v) is 1.23. The third-order valence-corrected chi connectivity index (χ3v) is 2.09. The van der Waals surface area contributed by atoms with Crippen molar-refractivity contribution in [3.05, 3.63) is 29.1 Å². The molecular weight excluding hydrogens is 201 g/mol. The van der Waals surface area contributed by atoms with Gasteiger partial charge in [0.05, 0.1) is 7.11 Å². The molecule has 0 aromatic heterocycles. The van der Waals surface area contributed by atoms with E-state index in [1.807, 2.05) is 0 Å². The van der Waals surface area contributed by atoms with Crippen LogP contribution in [0.15, 0.2) is 12.1 Å². The van der Waals surface area contributed by atoms with Gasteiger partial charge in [-0.1, -0.05) is 6.07 Å². The number of aryl methyl sites for hydroxylation is 1. The molecule has 15 heavy (non-hydrogen) atoms. The number of nitrogens with two attached hydrogens (primary N) is 1. The molecule has 1 unspecified atom stereocenters. The molecule has 0 fully saturated rings. The predicted molar refractivity (Wildman–Crippen MR) is 52.3 cm³/mol. The second-order valence-corrected chi connectivity index (χ2v) is 3.17. The number of hydrogen-bond donors (Lipinski definition) is 2. The monoisotopic (exact) mass is 213 g/mol. The Morgan fingerprint density at radius 2 is 2.20 bits per heavy atom. The molecule has 0 spiro atoms. The van der Waals surface area contributed by atoms with Crippen LogP contribution in [0.4, 0.5) is 4.39 Å². The zero-order valence-corrected chi connectivity index (χ0v) is 8.45. The van der Waals surface area contributed by atoms with E-state index < -0.39 is 17.8 Å². The second kappa shape index (κ2) is 4.27. The fourth-order valence-electron chi connectivity index (χ4n) is 1.23. The molecule has 4 nitrogen and oxygen atoms in total. The third kappa shape index (κ3) is 2.24. The normalized spacial score (nSPS) is 12.3. The number of carboxylic acids is 1. The molecule has 1 rings (SSSR count). The first-order valence-electron chi connectivity index (χ1n) is 4.29. The molecule has 0 saturated carbocycles. The molecule has 82 valence electrons. The Labute approximate surface area is 86.5 Å². The molecule has 0 aliphatic carbocycles. The first-order valence-corrected chi connectivity index (χ1v) is 4.29. The summed E-state index contributed by atoms with van der Waals surface area (Å²) in [6.45, 7) is 1.52. The standard InChI is InChI=1S/C10H12FNO3/c1-5-3-6(9(12)10(13)14)4-7(15-2)8(5)11/h3-4,9H,12H2,1-2H3,(H,13,14). The molecule has 1 aromatic carbocycles. The van der Waals surface area contributed by atoms with Crippen LogP contribution >= 0.6 is 0 Å². The van der Waals surface area contributed by atoms with Crippen molar-refractivity contribution < 1.29 is 19.0 Å². The maximum absolute atomic E-state index is 13.3. The molecule has 0 saturated heterocycles. The van der Waals surface area contributed by atoms with E-state index in [4.69, 9.17) is 15.6 Å². The van der Waals surface area contributed by atoms with E-state index in [0.717, 1.165) is 0 Å². The molecule has 3 N–H and O–H groups in total. The Hall–Kier alpha value is -1.62. The average molecular weight is 213 g/mol. The van der Waals surface area contributed by atoms with E-state index in [9.17, 15) is 9.18 Å². The van der Waals surface area contributed by atoms with Gasteiger partial charge in [0, 0.05) is 0 Å². The highest BCUT2D eigenvalue weighted by Crippen LogP contribution is 2.25. The summed E-state index contributed by atoms with van der Waals surface area (Å²) in [6, 6.07) is 1.52. The SMILES string of the molecule is COc1cc(C(N)C(=O)O)cc(C)c1F. The Morgan fingerprint density at radius 1 is 1.60 bits per heavy atom. The number of ether oxygens (including phenoxy) is 1. The summed E-state index contributed by atoms with van der Waals surface area (Å²) >= 11 is 0. The van der Waals surface area contributed by atoms with Crippen LogP contribution in [-0.4, -0.2) is 18.2 Å². The predicted octanol–water partition coefficient (Wildman–Crippen LogP) is 1.23. The zero-order chi connectivity index (χ0) is 11.6. The molecule has 0 aliphatic rings. The molecule has 0 bridgehead atoms. The molecule has 0 heterocycles. The van der Waals surface area contributed by atoms with Crippen molar-refractivity contribution in [2.24, 2.45) is 5.73 Å². The molecule has 5 heteroatoms. The summed E-state index contributed by atoms with van der Waals surface area (Å²) in [6.07, 6.45) is 0. The Balaban J connectivity index is 3.22. The number of hydrogen-bond acceptors (Lipinski definition) is 3. The summed E-state index contributed by atoms with van der Waals surface area (Å²) in [5, 5.41) is 8.70. The lowest BCUT2D eigenvalue weighted by molar-refractivity contribution is -0.138. The molecule has 1 atom stereocenters. The second-order valence-electron chi connectivity index (χ2n) is 3.17. The van der Waals surface area contributed by atoms with Gasteiger partial charge in [-0.25, -0.2) is 4.39 Å². The number of benzene rings is 1. The van der Waals surface area contributed by atoms with Crippen LogP contribution in [0.5, 0.6) is 5.75 Å². The van der Waals surface area contributed by atoms with Gasteiger partial charge in [0.1, 0.15) is 6.04 Å². The summed E-state index contributed by atoms with van der Waals surface area (Å²) in [5.74, 6) is -1.66. The van der Waals surface area contributed by atoms with Crippen LogP contribution < -0.4 is 10.5 Å². The van der Waals surface area contributed by atoms with Crippen molar-refractivity contribution in [2.45, 2.75) is 13.0 Å². The van der Waals surface area contributed by atoms with Crippen LogP contribution in [0.3, 0.4) is 0 Å². The lowest BCUT2D eigenvalue weighted by Crippen LogP contribution is -2.20. The molecule has 0 radical (unpaired) electrons. The van der Waals surface area contributed by atoms with Crippen molar-refractivity contribution in [3.63, 3.8) is 0 Å². The van der Waals surface area contributed by atoms with Crippen LogP contribution in [0, 0.1) is 12.7 Å². The third-order valence-electron chi connectivity index (χ3n) is 2.09. The van der Waals surface area contributed by atoms with Crippen molar-refractivity contribution >= 4 is 5.97 Å². The lowest BCUT2D eigenvalue weighted by Gasteiger charge is -2.11. The number of aliphatic carboxylic acids is 1. The van der Waals surface area contributed by atoms with E-state index in [1.165, 1.54) is 26.2 Å². The lowest BCUT2D eigenvalue weighted by atomic mass is 10.0. The Bertz CT molecular complexity index is 392. The number of carboxylic acid groups (broad SMARTS) is 1. The molecule has 1 aromatic rings. The molecule has 0 amide bonds. The summed E-state index contributed by atoms with van der Waals surface area (Å²) in [7, 11) is 1.31. The van der Waals surface area contributed by atoms with Crippen LogP contribution in [0.1, 0.15) is 17.2 Å². The maximum atomic E-state index is 13.3. The van der Waals surface area contributed by atoms with Crippen molar-refractivity contribution in [2.75, 3.05) is 7.11 Å². The highest BCUT2D eigenvalue weighted by molar-refractivity contribution is 5.75. The van der Waals surface area contributed by atoms with E-state index in [1.54, 1.807) is 0 Å². The van der Waals surface area contributed by atoms with Crippen LogP contribution in [-0.2, 0) is 4.79 Å². The first kappa shape index (κ1) is 11.5. The van der Waals surface area contributed by atoms with Gasteiger partial charge >= 0.3 is 5.97 Å². The van der Waals surface area contributed by atoms with E-state index in [-0.39, 0.29) is 5.75 Å². The van der Waals surface area contributed by atoms with Gasteiger partial charge in [0.25, 0.3) is 0 Å². The van der Waals surface area contributed by atoms with Crippen LogP contribution in [0.25, 0.3) is 0 Å². The Kier molecular flexibility index (Phi) is 3.26. The van der Waals surface area contributed by atoms with Gasteiger partial charge < -0.3 is 15.6 Å². The summed E-state index contributed by atoms with van der Waals surface area (Å²) in [4.78, 5) is 10.6. The number of halogens is 1. The van der Waals surface area contributed by atoms with E-state index in [2.05, 4.69) is 0 Å². The average Bonchev–Trinajstić information content (AvgIpc) is 2.20.